The smallest absolute Gasteiger partial charge is 0.196 e. The van der Waals surface area contributed by atoms with Crippen molar-refractivity contribution in [3.05, 3.63) is 39.9 Å². The van der Waals surface area contributed by atoms with Gasteiger partial charge in [-0.25, -0.2) is 0 Å². The fourth-order valence-corrected chi connectivity index (χ4v) is 2.53. The average molecular weight is 288 g/mol. The third kappa shape index (κ3) is 2.18. The van der Waals surface area contributed by atoms with Crippen LogP contribution in [0, 0.1) is 6.92 Å². The van der Waals surface area contributed by atoms with Crippen LogP contribution >= 0.6 is 11.5 Å². The first-order valence-electron chi connectivity index (χ1n) is 6.03. The van der Waals surface area contributed by atoms with Gasteiger partial charge in [0, 0.05) is 11.0 Å². The van der Waals surface area contributed by atoms with E-state index in [1.54, 1.807) is 18.6 Å². The fourth-order valence-electron chi connectivity index (χ4n) is 2.12. The fraction of sp³-hybridized carbons (Fsp3) is 0.214. The number of hydrogen-bond acceptors (Lipinski definition) is 6. The summed E-state index contributed by atoms with van der Waals surface area (Å²) in [4.78, 5) is 12.5. The summed E-state index contributed by atoms with van der Waals surface area (Å²) >= 11 is 1.25. The minimum Gasteiger partial charge on any atom is -0.493 e. The Hall–Kier alpha value is -2.21. The van der Waals surface area contributed by atoms with Crippen molar-refractivity contribution in [2.45, 2.75) is 6.92 Å². The molecule has 1 aromatic heterocycles. The van der Waals surface area contributed by atoms with Crippen molar-refractivity contribution in [1.82, 2.24) is 9.59 Å². The Morgan fingerprint density at radius 2 is 2.30 bits per heavy atom. The number of ketones is 1. The zero-order valence-corrected chi connectivity index (χ0v) is 11.9. The highest BCUT2D eigenvalue weighted by Crippen LogP contribution is 2.37. The molecule has 1 aliphatic heterocycles. The second-order valence-electron chi connectivity index (χ2n) is 4.46. The van der Waals surface area contributed by atoms with Crippen molar-refractivity contribution in [2.75, 3.05) is 13.7 Å². The maximum absolute atomic E-state index is 12.5. The van der Waals surface area contributed by atoms with Gasteiger partial charge < -0.3 is 9.47 Å². The molecule has 0 saturated heterocycles. The van der Waals surface area contributed by atoms with Crippen LogP contribution in [0.15, 0.2) is 23.1 Å². The SMILES string of the molecule is COc1cc(C)cc2c1OCC(=Cc1csnn1)C2=O. The van der Waals surface area contributed by atoms with Crippen molar-refractivity contribution in [3.8, 4) is 11.5 Å². The molecular weight excluding hydrogens is 276 g/mol. The lowest BCUT2D eigenvalue weighted by Crippen LogP contribution is -2.20. The third-order valence-electron chi connectivity index (χ3n) is 3.03. The van der Waals surface area contributed by atoms with Crippen molar-refractivity contribution in [2.24, 2.45) is 0 Å². The molecule has 0 fully saturated rings. The van der Waals surface area contributed by atoms with Gasteiger partial charge in [0.1, 0.15) is 6.61 Å². The highest BCUT2D eigenvalue weighted by molar-refractivity contribution is 7.03. The first kappa shape index (κ1) is 12.8. The molecule has 1 aromatic carbocycles. The number of hydrogen-bond donors (Lipinski definition) is 0. The van der Waals surface area contributed by atoms with Crippen LogP contribution in [0.2, 0.25) is 0 Å². The summed E-state index contributed by atoms with van der Waals surface area (Å²) in [6.07, 6.45) is 1.71. The van der Waals surface area contributed by atoms with Crippen molar-refractivity contribution >= 4 is 23.4 Å². The summed E-state index contributed by atoms with van der Waals surface area (Å²) in [6.45, 7) is 2.13. The largest absolute Gasteiger partial charge is 0.493 e. The number of fused-ring (bicyclic) bond motifs is 1. The van der Waals surface area contributed by atoms with Crippen LogP contribution < -0.4 is 9.47 Å². The Morgan fingerprint density at radius 1 is 1.45 bits per heavy atom. The number of ether oxygens (including phenoxy) is 2. The van der Waals surface area contributed by atoms with Crippen molar-refractivity contribution in [1.29, 1.82) is 0 Å². The molecule has 0 saturated carbocycles. The summed E-state index contributed by atoms with van der Waals surface area (Å²) < 4.78 is 14.7. The van der Waals surface area contributed by atoms with E-state index in [0.29, 0.717) is 28.3 Å². The van der Waals surface area contributed by atoms with Gasteiger partial charge in [-0.15, -0.1) is 5.10 Å². The number of nitrogens with zero attached hydrogens (tertiary/aromatic N) is 2. The molecule has 0 spiro atoms. The topological polar surface area (TPSA) is 61.3 Å². The molecule has 20 heavy (non-hydrogen) atoms. The zero-order valence-electron chi connectivity index (χ0n) is 11.0. The van der Waals surface area contributed by atoms with E-state index in [1.807, 2.05) is 19.1 Å². The zero-order chi connectivity index (χ0) is 14.1. The lowest BCUT2D eigenvalue weighted by atomic mass is 9.97. The molecule has 1 aliphatic rings. The molecule has 2 heterocycles. The molecular formula is C14H12N2O3S. The van der Waals surface area contributed by atoms with Gasteiger partial charge in [0.25, 0.3) is 0 Å². The molecule has 3 rings (SSSR count). The predicted octanol–water partition coefficient (Wildman–Crippen LogP) is 2.51. The molecule has 6 heteroatoms. The van der Waals surface area contributed by atoms with Crippen LogP contribution in [0.25, 0.3) is 6.08 Å². The molecule has 0 amide bonds. The minimum absolute atomic E-state index is 0.0544. The highest BCUT2D eigenvalue weighted by atomic mass is 32.1. The number of aromatic nitrogens is 2. The standard InChI is InChI=1S/C14H12N2O3S/c1-8-3-11-13(17)9(5-10-7-20-16-15-10)6-19-14(11)12(4-8)18-2/h3-5,7H,6H2,1-2H3. The number of carbonyl (C=O) groups excluding carboxylic acids is 1. The number of methoxy groups -OCH3 is 1. The average Bonchev–Trinajstić information content (AvgIpc) is 2.94. The number of rotatable bonds is 2. The molecule has 102 valence electrons. The maximum atomic E-state index is 12.5. The molecule has 2 aromatic rings. The summed E-state index contributed by atoms with van der Waals surface area (Å²) in [6, 6.07) is 3.66. The predicted molar refractivity (Wildman–Crippen MR) is 75.4 cm³/mol. The van der Waals surface area contributed by atoms with E-state index in [0.717, 1.165) is 5.56 Å². The van der Waals surface area contributed by atoms with Gasteiger partial charge in [-0.3, -0.25) is 4.79 Å². The summed E-state index contributed by atoms with van der Waals surface area (Å²) in [5, 5.41) is 5.70. The van der Waals surface area contributed by atoms with E-state index in [9.17, 15) is 4.79 Å². The number of aryl methyl sites for hydroxylation is 1. The monoisotopic (exact) mass is 288 g/mol. The van der Waals surface area contributed by atoms with Gasteiger partial charge in [0.15, 0.2) is 17.3 Å². The summed E-state index contributed by atoms with van der Waals surface area (Å²) in [5.74, 6) is 1.04. The number of benzene rings is 1. The Morgan fingerprint density at radius 3 is 3.00 bits per heavy atom. The second kappa shape index (κ2) is 5.05. The molecule has 0 N–H and O–H groups in total. The molecule has 5 nitrogen and oxygen atoms in total. The van der Waals surface area contributed by atoms with E-state index >= 15 is 0 Å². The van der Waals surface area contributed by atoms with Gasteiger partial charge >= 0.3 is 0 Å². The Labute approximate surface area is 120 Å². The van der Waals surface area contributed by atoms with Gasteiger partial charge in [-0.1, -0.05) is 4.49 Å². The van der Waals surface area contributed by atoms with E-state index in [4.69, 9.17) is 9.47 Å². The molecule has 0 bridgehead atoms. The van der Waals surface area contributed by atoms with Gasteiger partial charge in [-0.2, -0.15) is 0 Å². The van der Waals surface area contributed by atoms with Crippen LogP contribution in [0.5, 0.6) is 11.5 Å². The maximum Gasteiger partial charge on any atom is 0.196 e. The number of Topliss-reactive ketones (excluding diaryl/α,β-unsaturated/α-hetero) is 1. The minimum atomic E-state index is -0.0544. The van der Waals surface area contributed by atoms with Crippen LogP contribution in [-0.4, -0.2) is 29.1 Å². The Kier molecular flexibility index (Phi) is 3.23. The molecule has 0 aliphatic carbocycles. The third-order valence-corrected chi connectivity index (χ3v) is 3.55. The van der Waals surface area contributed by atoms with Gasteiger partial charge in [0.2, 0.25) is 0 Å². The lowest BCUT2D eigenvalue weighted by Gasteiger charge is -2.21. The Balaban J connectivity index is 2.05. The van der Waals surface area contributed by atoms with E-state index in [2.05, 4.69) is 9.59 Å². The normalized spacial score (nSPS) is 15.9. The van der Waals surface area contributed by atoms with Gasteiger partial charge in [0.05, 0.1) is 18.4 Å². The Bertz CT molecular complexity index is 693. The van der Waals surface area contributed by atoms with E-state index in [-0.39, 0.29) is 12.4 Å². The second-order valence-corrected chi connectivity index (χ2v) is 5.07. The van der Waals surface area contributed by atoms with Crippen LogP contribution in [0.3, 0.4) is 0 Å². The van der Waals surface area contributed by atoms with E-state index in [1.165, 1.54) is 11.5 Å². The van der Waals surface area contributed by atoms with Gasteiger partial charge in [-0.05, 0) is 42.2 Å². The summed E-state index contributed by atoms with van der Waals surface area (Å²) in [5.41, 5.74) is 2.72. The van der Waals surface area contributed by atoms with Crippen molar-refractivity contribution < 1.29 is 14.3 Å². The van der Waals surface area contributed by atoms with Crippen LogP contribution in [-0.2, 0) is 0 Å². The molecule has 0 unspecified atom stereocenters. The first-order valence-corrected chi connectivity index (χ1v) is 6.86. The van der Waals surface area contributed by atoms with Crippen molar-refractivity contribution in [3.63, 3.8) is 0 Å². The molecule has 0 radical (unpaired) electrons. The highest BCUT2D eigenvalue weighted by Gasteiger charge is 2.26. The van der Waals surface area contributed by atoms with Crippen LogP contribution in [0.1, 0.15) is 21.6 Å². The lowest BCUT2D eigenvalue weighted by molar-refractivity contribution is 0.0998. The summed E-state index contributed by atoms with van der Waals surface area (Å²) in [7, 11) is 1.56. The quantitative estimate of drug-likeness (QED) is 0.795. The molecule has 0 atom stereocenters. The first-order chi connectivity index (χ1) is 9.69. The van der Waals surface area contributed by atoms with E-state index < -0.39 is 0 Å². The van der Waals surface area contributed by atoms with Crippen LogP contribution in [0.4, 0.5) is 0 Å². The number of carbonyl (C=O) groups is 1.